The van der Waals surface area contributed by atoms with Crippen LogP contribution in [-0.2, 0) is 0 Å². The maximum absolute atomic E-state index is 12.4. The first-order chi connectivity index (χ1) is 11.0. The fourth-order valence-corrected chi connectivity index (χ4v) is 2.37. The van der Waals surface area contributed by atoms with Crippen LogP contribution in [0, 0.1) is 6.92 Å². The average molecular weight is 309 g/mol. The Morgan fingerprint density at radius 2 is 1.91 bits per heavy atom. The van der Waals surface area contributed by atoms with Gasteiger partial charge in [0, 0.05) is 11.3 Å². The fraction of sp³-hybridized carbons (Fsp3) is 0.222. The minimum atomic E-state index is -0.156. The number of rotatable bonds is 4. The van der Waals surface area contributed by atoms with E-state index in [4.69, 9.17) is 4.74 Å². The van der Waals surface area contributed by atoms with E-state index in [9.17, 15) is 4.79 Å². The highest BCUT2D eigenvalue weighted by molar-refractivity contribution is 6.05. The number of nitrogens with one attached hydrogen (secondary N) is 2. The summed E-state index contributed by atoms with van der Waals surface area (Å²) in [6, 6.07) is 12.8. The van der Waals surface area contributed by atoms with Crippen molar-refractivity contribution >= 4 is 22.6 Å². The highest BCUT2D eigenvalue weighted by atomic mass is 16.5. The minimum Gasteiger partial charge on any atom is -0.491 e. The van der Waals surface area contributed by atoms with E-state index in [1.165, 1.54) is 0 Å². The Bertz CT molecular complexity index is 835. The van der Waals surface area contributed by atoms with Crippen LogP contribution in [-0.4, -0.2) is 22.0 Å². The molecule has 0 saturated heterocycles. The number of aromatic amines is 1. The fourth-order valence-electron chi connectivity index (χ4n) is 2.37. The zero-order valence-electron chi connectivity index (χ0n) is 13.4. The summed E-state index contributed by atoms with van der Waals surface area (Å²) >= 11 is 0. The number of hydrogen-bond donors (Lipinski definition) is 2. The number of ether oxygens (including phenoxy) is 1. The van der Waals surface area contributed by atoms with Crippen molar-refractivity contribution in [3.63, 3.8) is 0 Å². The lowest BCUT2D eigenvalue weighted by atomic mass is 10.2. The lowest BCUT2D eigenvalue weighted by molar-refractivity contribution is 0.102. The summed E-state index contributed by atoms with van der Waals surface area (Å²) in [6.07, 6.45) is 0.125. The van der Waals surface area contributed by atoms with E-state index < -0.39 is 0 Å². The van der Waals surface area contributed by atoms with Crippen molar-refractivity contribution in [3.8, 4) is 5.75 Å². The highest BCUT2D eigenvalue weighted by Crippen LogP contribution is 2.19. The molecule has 0 bridgehead atoms. The van der Waals surface area contributed by atoms with Crippen LogP contribution in [0.1, 0.15) is 30.0 Å². The molecule has 0 aliphatic carbocycles. The number of aromatic nitrogens is 2. The Labute approximate surface area is 134 Å². The van der Waals surface area contributed by atoms with Crippen molar-refractivity contribution < 1.29 is 9.53 Å². The first kappa shape index (κ1) is 15.1. The van der Waals surface area contributed by atoms with Gasteiger partial charge in [0.05, 0.1) is 17.1 Å². The van der Waals surface area contributed by atoms with Gasteiger partial charge in [0.25, 0.3) is 5.91 Å². The van der Waals surface area contributed by atoms with Crippen LogP contribution < -0.4 is 10.1 Å². The Hall–Kier alpha value is -2.82. The van der Waals surface area contributed by atoms with Gasteiger partial charge >= 0.3 is 0 Å². The summed E-state index contributed by atoms with van der Waals surface area (Å²) in [4.78, 5) is 19.8. The largest absolute Gasteiger partial charge is 0.491 e. The van der Waals surface area contributed by atoms with Gasteiger partial charge < -0.3 is 15.0 Å². The third kappa shape index (κ3) is 3.51. The van der Waals surface area contributed by atoms with Gasteiger partial charge in [-0.2, -0.15) is 0 Å². The molecular weight excluding hydrogens is 290 g/mol. The van der Waals surface area contributed by atoms with Gasteiger partial charge in [-0.3, -0.25) is 4.79 Å². The number of fused-ring (bicyclic) bond motifs is 1. The standard InChI is InChI=1S/C18H19N3O2/c1-11(2)23-15-7-5-14(6-8-15)21-18(22)13-4-9-16-17(10-13)20-12(3)19-16/h4-11H,1-3H3,(H,19,20)(H,21,22). The number of aryl methyl sites for hydroxylation is 1. The zero-order chi connectivity index (χ0) is 16.4. The van der Waals surface area contributed by atoms with Crippen molar-refractivity contribution in [2.24, 2.45) is 0 Å². The number of benzene rings is 2. The van der Waals surface area contributed by atoms with Gasteiger partial charge in [-0.25, -0.2) is 4.98 Å². The molecule has 0 saturated carbocycles. The summed E-state index contributed by atoms with van der Waals surface area (Å²) in [7, 11) is 0. The lowest BCUT2D eigenvalue weighted by Gasteiger charge is -2.10. The highest BCUT2D eigenvalue weighted by Gasteiger charge is 2.09. The summed E-state index contributed by atoms with van der Waals surface area (Å²) in [5, 5.41) is 2.88. The van der Waals surface area contributed by atoms with Crippen LogP contribution in [0.2, 0.25) is 0 Å². The number of nitrogens with zero attached hydrogens (tertiary/aromatic N) is 1. The van der Waals surface area contributed by atoms with Crippen LogP contribution in [0.4, 0.5) is 5.69 Å². The molecule has 0 unspecified atom stereocenters. The number of hydrogen-bond acceptors (Lipinski definition) is 3. The monoisotopic (exact) mass is 309 g/mol. The zero-order valence-corrected chi connectivity index (χ0v) is 13.4. The molecule has 0 aliphatic heterocycles. The third-order valence-corrected chi connectivity index (χ3v) is 3.35. The van der Waals surface area contributed by atoms with Crippen molar-refractivity contribution in [2.75, 3.05) is 5.32 Å². The Balaban J connectivity index is 1.74. The van der Waals surface area contributed by atoms with Gasteiger partial charge in [0.1, 0.15) is 11.6 Å². The molecule has 3 aromatic rings. The molecule has 2 N–H and O–H groups in total. The number of amides is 1. The van der Waals surface area contributed by atoms with Crippen LogP contribution in [0.25, 0.3) is 11.0 Å². The molecule has 0 fully saturated rings. The topological polar surface area (TPSA) is 67.0 Å². The van der Waals surface area contributed by atoms with Gasteiger partial charge in [-0.1, -0.05) is 0 Å². The molecule has 0 spiro atoms. The smallest absolute Gasteiger partial charge is 0.255 e. The normalized spacial score (nSPS) is 11.0. The summed E-state index contributed by atoms with van der Waals surface area (Å²) < 4.78 is 5.59. The average Bonchev–Trinajstić information content (AvgIpc) is 2.87. The summed E-state index contributed by atoms with van der Waals surface area (Å²) in [5.41, 5.74) is 3.03. The first-order valence-electron chi connectivity index (χ1n) is 7.56. The second-order valence-electron chi connectivity index (χ2n) is 5.70. The van der Waals surface area contributed by atoms with Gasteiger partial charge in [0.15, 0.2) is 0 Å². The maximum Gasteiger partial charge on any atom is 0.255 e. The Morgan fingerprint density at radius 3 is 2.61 bits per heavy atom. The quantitative estimate of drug-likeness (QED) is 0.768. The van der Waals surface area contributed by atoms with Gasteiger partial charge in [-0.05, 0) is 63.2 Å². The van der Waals surface area contributed by atoms with E-state index in [1.807, 2.05) is 51.1 Å². The van der Waals surface area contributed by atoms with Gasteiger partial charge in [0.2, 0.25) is 0 Å². The molecule has 5 heteroatoms. The van der Waals surface area contributed by atoms with Crippen LogP contribution >= 0.6 is 0 Å². The molecule has 1 heterocycles. The lowest BCUT2D eigenvalue weighted by Crippen LogP contribution is -2.12. The van der Waals surface area contributed by atoms with E-state index in [2.05, 4.69) is 15.3 Å². The molecule has 2 aromatic carbocycles. The first-order valence-corrected chi connectivity index (χ1v) is 7.56. The number of H-pyrrole nitrogens is 1. The van der Waals surface area contributed by atoms with Gasteiger partial charge in [-0.15, -0.1) is 0 Å². The number of carbonyl (C=O) groups is 1. The second-order valence-corrected chi connectivity index (χ2v) is 5.70. The molecule has 5 nitrogen and oxygen atoms in total. The van der Waals surface area contributed by atoms with Crippen LogP contribution in [0.15, 0.2) is 42.5 Å². The molecule has 3 rings (SSSR count). The van der Waals surface area contributed by atoms with Crippen molar-refractivity contribution in [3.05, 3.63) is 53.9 Å². The van der Waals surface area contributed by atoms with Crippen molar-refractivity contribution in [1.82, 2.24) is 9.97 Å². The molecule has 0 aliphatic rings. The molecule has 0 radical (unpaired) electrons. The molecule has 1 aromatic heterocycles. The van der Waals surface area contributed by atoms with Crippen LogP contribution in [0.5, 0.6) is 5.75 Å². The van der Waals surface area contributed by atoms with E-state index in [0.717, 1.165) is 28.3 Å². The van der Waals surface area contributed by atoms with Crippen molar-refractivity contribution in [2.45, 2.75) is 26.9 Å². The van der Waals surface area contributed by atoms with E-state index >= 15 is 0 Å². The number of imidazole rings is 1. The Kier molecular flexibility index (Phi) is 4.02. The van der Waals surface area contributed by atoms with E-state index in [0.29, 0.717) is 5.56 Å². The summed E-state index contributed by atoms with van der Waals surface area (Å²) in [5.74, 6) is 1.46. The number of carbonyl (C=O) groups excluding carboxylic acids is 1. The predicted octanol–water partition coefficient (Wildman–Crippen LogP) is 3.91. The van der Waals surface area contributed by atoms with E-state index in [1.54, 1.807) is 12.1 Å². The van der Waals surface area contributed by atoms with Crippen molar-refractivity contribution in [1.29, 1.82) is 0 Å². The summed E-state index contributed by atoms with van der Waals surface area (Å²) in [6.45, 7) is 5.84. The van der Waals surface area contributed by atoms with E-state index in [-0.39, 0.29) is 12.0 Å². The molecule has 1 amide bonds. The number of anilines is 1. The Morgan fingerprint density at radius 1 is 1.17 bits per heavy atom. The molecule has 23 heavy (non-hydrogen) atoms. The van der Waals surface area contributed by atoms with Crippen LogP contribution in [0.3, 0.4) is 0 Å². The molecule has 118 valence electrons. The predicted molar refractivity (Wildman–Crippen MR) is 91.0 cm³/mol. The SMILES string of the molecule is Cc1nc2ccc(C(=O)Nc3ccc(OC(C)C)cc3)cc2[nH]1. The maximum atomic E-state index is 12.4. The minimum absolute atomic E-state index is 0.125. The molecular formula is C18H19N3O2. The molecule has 0 atom stereocenters. The second kappa shape index (κ2) is 6.12. The third-order valence-electron chi connectivity index (χ3n) is 3.35.